The summed E-state index contributed by atoms with van der Waals surface area (Å²) in [6, 6.07) is 17.6. The topological polar surface area (TPSA) is 87.7 Å². The Balaban J connectivity index is 1.55. The van der Waals surface area contributed by atoms with Crippen molar-refractivity contribution in [2.45, 2.75) is 32.5 Å². The van der Waals surface area contributed by atoms with Crippen LogP contribution >= 0.6 is 11.3 Å². The van der Waals surface area contributed by atoms with Crippen LogP contribution in [-0.2, 0) is 16.1 Å². The number of likely N-dealkylation sites (N-methyl/N-ethyl adjacent to an activating group) is 1. The molecule has 4 rings (SSSR count). The molecule has 1 aliphatic rings. The number of cyclic esters (lactones) is 1. The van der Waals surface area contributed by atoms with E-state index >= 15 is 0 Å². The Hall–Kier alpha value is -3.65. The van der Waals surface area contributed by atoms with Crippen LogP contribution in [0.2, 0.25) is 0 Å². The van der Waals surface area contributed by atoms with Gasteiger partial charge in [0, 0.05) is 12.2 Å². The van der Waals surface area contributed by atoms with E-state index in [1.54, 1.807) is 30.3 Å². The van der Waals surface area contributed by atoms with Crippen molar-refractivity contribution >= 4 is 34.9 Å². The summed E-state index contributed by atoms with van der Waals surface area (Å²) in [6.07, 6.45) is -1.29. The van der Waals surface area contributed by atoms with Crippen molar-refractivity contribution in [3.8, 4) is 0 Å². The first kappa shape index (κ1) is 22.5. The van der Waals surface area contributed by atoms with E-state index in [2.05, 4.69) is 10.6 Å². The maximum atomic E-state index is 12.9. The van der Waals surface area contributed by atoms with Crippen LogP contribution < -0.4 is 10.6 Å². The molecule has 2 aromatic carbocycles. The van der Waals surface area contributed by atoms with Crippen LogP contribution in [0.1, 0.15) is 39.4 Å². The molecule has 1 saturated heterocycles. The molecule has 1 fully saturated rings. The van der Waals surface area contributed by atoms with Gasteiger partial charge in [0.1, 0.15) is 0 Å². The van der Waals surface area contributed by atoms with E-state index in [0.717, 1.165) is 11.1 Å². The molecule has 0 radical (unpaired) electrons. The lowest BCUT2D eigenvalue weighted by Gasteiger charge is -2.24. The maximum absolute atomic E-state index is 12.9. The van der Waals surface area contributed by atoms with Crippen molar-refractivity contribution < 1.29 is 19.1 Å². The van der Waals surface area contributed by atoms with Gasteiger partial charge in [0.2, 0.25) is 5.91 Å². The Kier molecular flexibility index (Phi) is 6.74. The van der Waals surface area contributed by atoms with Crippen LogP contribution in [0.15, 0.2) is 66.0 Å². The van der Waals surface area contributed by atoms with Gasteiger partial charge in [-0.2, -0.15) is 0 Å². The van der Waals surface area contributed by atoms with Gasteiger partial charge < -0.3 is 15.4 Å². The fraction of sp³-hybridized carbons (Fsp3) is 0.240. The van der Waals surface area contributed by atoms with Gasteiger partial charge in [0.25, 0.3) is 5.91 Å². The quantitative estimate of drug-likeness (QED) is 0.540. The van der Waals surface area contributed by atoms with E-state index in [1.807, 2.05) is 49.6 Å². The zero-order valence-electron chi connectivity index (χ0n) is 18.4. The maximum Gasteiger partial charge on any atom is 0.411 e. The second-order valence-corrected chi connectivity index (χ2v) is 8.76. The minimum atomic E-state index is -0.801. The smallest absolute Gasteiger partial charge is 0.411 e. The molecule has 2 N–H and O–H groups in total. The molecule has 3 aromatic rings. The number of aryl methyl sites for hydroxylation is 1. The number of anilines is 1. The Morgan fingerprint density at radius 2 is 1.88 bits per heavy atom. The molecular weight excluding hydrogens is 438 g/mol. The fourth-order valence-corrected chi connectivity index (χ4v) is 4.47. The molecule has 0 bridgehead atoms. The SMILES string of the molecule is CCNC(=O)[C@H]1[C@H](c2ccc(NC(=O)c3cccs3)cc2)OC(=O)N1Cc1cccc(C)c1. The fourth-order valence-electron chi connectivity index (χ4n) is 3.85. The average molecular weight is 464 g/mol. The van der Waals surface area contributed by atoms with Gasteiger partial charge in [-0.1, -0.05) is 48.0 Å². The minimum absolute atomic E-state index is 0.186. The first-order chi connectivity index (χ1) is 16.0. The van der Waals surface area contributed by atoms with Crippen molar-refractivity contribution in [2.75, 3.05) is 11.9 Å². The van der Waals surface area contributed by atoms with Crippen LogP contribution in [-0.4, -0.2) is 35.4 Å². The number of carbonyl (C=O) groups is 3. The van der Waals surface area contributed by atoms with E-state index in [4.69, 9.17) is 4.74 Å². The van der Waals surface area contributed by atoms with Gasteiger partial charge in [-0.05, 0) is 48.6 Å². The number of thiophene rings is 1. The third kappa shape index (κ3) is 5.06. The molecule has 8 heteroatoms. The van der Waals surface area contributed by atoms with Crippen LogP contribution in [0.25, 0.3) is 0 Å². The Morgan fingerprint density at radius 1 is 1.09 bits per heavy atom. The van der Waals surface area contributed by atoms with Crippen molar-refractivity contribution in [2.24, 2.45) is 0 Å². The number of nitrogens with one attached hydrogen (secondary N) is 2. The summed E-state index contributed by atoms with van der Waals surface area (Å²) < 4.78 is 5.66. The third-order valence-corrected chi connectivity index (χ3v) is 6.25. The van der Waals surface area contributed by atoms with Crippen LogP contribution in [0.4, 0.5) is 10.5 Å². The third-order valence-electron chi connectivity index (χ3n) is 5.38. The molecule has 2 heterocycles. The number of hydrogen-bond donors (Lipinski definition) is 2. The highest BCUT2D eigenvalue weighted by Crippen LogP contribution is 2.34. The highest BCUT2D eigenvalue weighted by atomic mass is 32.1. The summed E-state index contributed by atoms with van der Waals surface area (Å²) in [5, 5.41) is 7.51. The van der Waals surface area contributed by atoms with Gasteiger partial charge in [-0.3, -0.25) is 14.5 Å². The Labute approximate surface area is 196 Å². The first-order valence-electron chi connectivity index (χ1n) is 10.7. The highest BCUT2D eigenvalue weighted by molar-refractivity contribution is 7.12. The minimum Gasteiger partial charge on any atom is -0.438 e. The average Bonchev–Trinajstić information content (AvgIpc) is 3.44. The van der Waals surface area contributed by atoms with Gasteiger partial charge in [-0.15, -0.1) is 11.3 Å². The predicted octanol–water partition coefficient (Wildman–Crippen LogP) is 4.51. The summed E-state index contributed by atoms with van der Waals surface area (Å²) in [4.78, 5) is 40.1. The normalized spacial score (nSPS) is 17.5. The van der Waals surface area contributed by atoms with Crippen molar-refractivity contribution in [3.05, 3.63) is 87.6 Å². The van der Waals surface area contributed by atoms with Gasteiger partial charge in [0.15, 0.2) is 12.1 Å². The number of carbonyl (C=O) groups excluding carboxylic acids is 3. The second kappa shape index (κ2) is 9.87. The second-order valence-electron chi connectivity index (χ2n) is 7.81. The largest absolute Gasteiger partial charge is 0.438 e. The number of hydrogen-bond acceptors (Lipinski definition) is 5. The number of nitrogens with zero attached hydrogens (tertiary/aromatic N) is 1. The van der Waals surface area contributed by atoms with Gasteiger partial charge in [-0.25, -0.2) is 4.79 Å². The molecule has 0 aliphatic carbocycles. The van der Waals surface area contributed by atoms with Crippen LogP contribution in [0.3, 0.4) is 0 Å². The Morgan fingerprint density at radius 3 is 2.55 bits per heavy atom. The van der Waals surface area contributed by atoms with E-state index in [9.17, 15) is 14.4 Å². The lowest BCUT2D eigenvalue weighted by molar-refractivity contribution is -0.126. The standard InChI is InChI=1S/C25H25N3O4S/c1-3-26-24(30)21-22(32-25(31)28(21)15-17-7-4-6-16(2)14-17)18-9-11-19(12-10-18)27-23(29)20-8-5-13-33-20/h4-14,21-22H,3,15H2,1-2H3,(H,26,30)(H,27,29)/t21-,22+/m1/s1. The van der Waals surface area contributed by atoms with Gasteiger partial charge in [0.05, 0.1) is 11.4 Å². The van der Waals surface area contributed by atoms with Gasteiger partial charge >= 0.3 is 6.09 Å². The van der Waals surface area contributed by atoms with E-state index in [1.165, 1.54) is 16.2 Å². The van der Waals surface area contributed by atoms with Crippen molar-refractivity contribution in [1.29, 1.82) is 0 Å². The van der Waals surface area contributed by atoms with Crippen molar-refractivity contribution in [3.63, 3.8) is 0 Å². The van der Waals surface area contributed by atoms with E-state index in [-0.39, 0.29) is 18.4 Å². The zero-order chi connectivity index (χ0) is 23.4. The predicted molar refractivity (Wildman–Crippen MR) is 127 cm³/mol. The monoisotopic (exact) mass is 463 g/mol. The first-order valence-corrected chi connectivity index (χ1v) is 11.6. The molecule has 0 unspecified atom stereocenters. The number of ether oxygens (including phenoxy) is 1. The number of rotatable bonds is 7. The molecule has 7 nitrogen and oxygen atoms in total. The Bertz CT molecular complexity index is 1140. The summed E-state index contributed by atoms with van der Waals surface area (Å²) >= 11 is 1.36. The molecule has 0 saturated carbocycles. The molecule has 3 amide bonds. The summed E-state index contributed by atoms with van der Waals surface area (Å²) in [5.41, 5.74) is 3.30. The lowest BCUT2D eigenvalue weighted by atomic mass is 10.00. The molecular formula is C25H25N3O4S. The molecule has 2 atom stereocenters. The zero-order valence-corrected chi connectivity index (χ0v) is 19.2. The van der Waals surface area contributed by atoms with E-state index in [0.29, 0.717) is 22.7 Å². The summed E-state index contributed by atoms with van der Waals surface area (Å²) in [5.74, 6) is -0.453. The number of benzene rings is 2. The molecule has 170 valence electrons. The summed E-state index contributed by atoms with van der Waals surface area (Å²) in [7, 11) is 0. The summed E-state index contributed by atoms with van der Waals surface area (Å²) in [6.45, 7) is 4.53. The van der Waals surface area contributed by atoms with Crippen LogP contribution in [0, 0.1) is 6.92 Å². The molecule has 1 aliphatic heterocycles. The molecule has 33 heavy (non-hydrogen) atoms. The van der Waals surface area contributed by atoms with Crippen molar-refractivity contribution in [1.82, 2.24) is 10.2 Å². The highest BCUT2D eigenvalue weighted by Gasteiger charge is 2.46. The number of amides is 3. The van der Waals surface area contributed by atoms with Crippen LogP contribution in [0.5, 0.6) is 0 Å². The van der Waals surface area contributed by atoms with E-state index < -0.39 is 18.2 Å². The molecule has 0 spiro atoms. The lowest BCUT2D eigenvalue weighted by Crippen LogP contribution is -2.46. The molecule has 1 aromatic heterocycles.